The van der Waals surface area contributed by atoms with Gasteiger partial charge in [-0.1, -0.05) is 31.2 Å². The summed E-state index contributed by atoms with van der Waals surface area (Å²) >= 11 is 0. The molecule has 2 aromatic carbocycles. The maximum Gasteiger partial charge on any atom is 0.166 e. The number of para-hydroxylation sites is 1. The van der Waals surface area contributed by atoms with Crippen molar-refractivity contribution in [2.24, 2.45) is 7.05 Å². The van der Waals surface area contributed by atoms with Gasteiger partial charge in [-0.05, 0) is 55.6 Å². The van der Waals surface area contributed by atoms with Crippen molar-refractivity contribution in [2.45, 2.75) is 55.8 Å². The molecule has 0 amide bonds. The molecule has 5 nitrogen and oxygen atoms in total. The number of rotatable bonds is 3. The molecule has 0 saturated carbocycles. The highest BCUT2D eigenvalue weighted by Crippen LogP contribution is 2.70. The number of likely N-dealkylation sites (tertiary alicyclic amines) is 1. The fourth-order valence-corrected chi connectivity index (χ4v) is 8.00. The predicted molar refractivity (Wildman–Crippen MR) is 123 cm³/mol. The topological polar surface area (TPSA) is 46.9 Å². The van der Waals surface area contributed by atoms with Gasteiger partial charge in [0.2, 0.25) is 0 Å². The summed E-state index contributed by atoms with van der Waals surface area (Å²) in [7, 11) is 4.07. The minimum atomic E-state index is -0.381. The third-order valence-electron chi connectivity index (χ3n) is 9.12. The normalized spacial score (nSPS) is 32.0. The van der Waals surface area contributed by atoms with E-state index in [4.69, 9.17) is 9.47 Å². The molecule has 1 aromatic heterocycles. The molecule has 7 rings (SSSR count). The van der Waals surface area contributed by atoms with Gasteiger partial charge in [0.15, 0.2) is 17.6 Å². The minimum absolute atomic E-state index is 0.155. The van der Waals surface area contributed by atoms with Gasteiger partial charge in [0.05, 0.1) is 11.1 Å². The molecule has 2 aliphatic carbocycles. The Labute approximate surface area is 188 Å². The molecule has 2 aliphatic heterocycles. The summed E-state index contributed by atoms with van der Waals surface area (Å²) in [6.07, 6.45) is 3.77. The van der Waals surface area contributed by atoms with Crippen molar-refractivity contribution in [2.75, 3.05) is 20.2 Å². The second-order valence-electron chi connectivity index (χ2n) is 10.1. The first kappa shape index (κ1) is 19.0. The maximum atomic E-state index is 10.9. The van der Waals surface area contributed by atoms with Gasteiger partial charge >= 0.3 is 0 Å². The van der Waals surface area contributed by atoms with Crippen LogP contribution in [0, 0.1) is 0 Å². The Hall–Kier alpha value is -2.50. The lowest BCUT2D eigenvalue weighted by Gasteiger charge is -2.64. The van der Waals surface area contributed by atoms with E-state index in [0.717, 1.165) is 38.8 Å². The van der Waals surface area contributed by atoms with Crippen LogP contribution < -0.4 is 4.74 Å². The van der Waals surface area contributed by atoms with Crippen LogP contribution in [0.2, 0.25) is 0 Å². The fourth-order valence-electron chi connectivity index (χ4n) is 8.00. The molecule has 166 valence electrons. The number of piperidine rings is 1. The van der Waals surface area contributed by atoms with Crippen LogP contribution in [0.25, 0.3) is 10.9 Å². The van der Waals surface area contributed by atoms with Gasteiger partial charge in [-0.25, -0.2) is 0 Å². The molecule has 1 fully saturated rings. The number of phenols is 1. The van der Waals surface area contributed by atoms with Crippen molar-refractivity contribution in [3.8, 4) is 11.5 Å². The Kier molecular flexibility index (Phi) is 3.62. The number of benzene rings is 2. The highest BCUT2D eigenvalue weighted by Gasteiger charge is 2.73. The predicted octanol–water partition coefficient (Wildman–Crippen LogP) is 4.24. The smallest absolute Gasteiger partial charge is 0.166 e. The van der Waals surface area contributed by atoms with Gasteiger partial charge in [0.25, 0.3) is 0 Å². The zero-order valence-electron chi connectivity index (χ0n) is 19.0. The molecule has 0 unspecified atom stereocenters. The second-order valence-corrected chi connectivity index (χ2v) is 10.1. The van der Waals surface area contributed by atoms with Crippen LogP contribution in [0.15, 0.2) is 36.4 Å². The molecular weight excluding hydrogens is 400 g/mol. The average Bonchev–Trinajstić information content (AvgIpc) is 3.29. The van der Waals surface area contributed by atoms with E-state index in [2.05, 4.69) is 53.8 Å². The van der Waals surface area contributed by atoms with E-state index in [-0.39, 0.29) is 22.9 Å². The number of hydrogen-bond acceptors (Lipinski definition) is 4. The van der Waals surface area contributed by atoms with Crippen molar-refractivity contribution in [1.82, 2.24) is 9.47 Å². The SMILES string of the molecule is CCCN1CC[C@]23c4c5ccc(O)c4O[C@H]2c2c(c4ccccc4n2C)C[C@@]3(OC)[C@@H]1C5. The monoisotopic (exact) mass is 430 g/mol. The lowest BCUT2D eigenvalue weighted by atomic mass is 9.48. The second kappa shape index (κ2) is 6.09. The highest BCUT2D eigenvalue weighted by molar-refractivity contribution is 5.87. The molecular formula is C27H30N2O3. The number of aromatic nitrogens is 1. The molecule has 1 N–H and O–H groups in total. The molecule has 4 atom stereocenters. The molecule has 0 radical (unpaired) electrons. The number of ether oxygens (including phenoxy) is 2. The first-order chi connectivity index (χ1) is 15.6. The third kappa shape index (κ3) is 1.87. The summed E-state index contributed by atoms with van der Waals surface area (Å²) in [5.74, 6) is 0.946. The van der Waals surface area contributed by atoms with E-state index < -0.39 is 0 Å². The van der Waals surface area contributed by atoms with E-state index in [1.165, 1.54) is 33.3 Å². The van der Waals surface area contributed by atoms with Crippen molar-refractivity contribution >= 4 is 10.9 Å². The van der Waals surface area contributed by atoms with E-state index in [9.17, 15) is 5.11 Å². The van der Waals surface area contributed by atoms with Gasteiger partial charge < -0.3 is 19.1 Å². The van der Waals surface area contributed by atoms with Crippen molar-refractivity contribution < 1.29 is 14.6 Å². The summed E-state index contributed by atoms with van der Waals surface area (Å²) in [4.78, 5) is 2.66. The van der Waals surface area contributed by atoms with Crippen LogP contribution in [0.3, 0.4) is 0 Å². The molecule has 1 saturated heterocycles. The highest BCUT2D eigenvalue weighted by atomic mass is 16.5. The maximum absolute atomic E-state index is 10.9. The summed E-state index contributed by atoms with van der Waals surface area (Å²) in [6.45, 7) is 4.39. The fraction of sp³-hybridized carbons (Fsp3) is 0.481. The first-order valence-electron chi connectivity index (χ1n) is 11.9. The van der Waals surface area contributed by atoms with E-state index >= 15 is 0 Å². The average molecular weight is 431 g/mol. The van der Waals surface area contributed by atoms with Crippen LogP contribution in [0.1, 0.15) is 48.3 Å². The Balaban J connectivity index is 1.60. The van der Waals surface area contributed by atoms with Crippen LogP contribution in [0.4, 0.5) is 0 Å². The zero-order chi connectivity index (χ0) is 21.8. The van der Waals surface area contributed by atoms with Crippen LogP contribution in [0.5, 0.6) is 11.5 Å². The van der Waals surface area contributed by atoms with Crippen LogP contribution in [-0.2, 0) is 30.0 Å². The Bertz CT molecular complexity index is 1280. The first-order valence-corrected chi connectivity index (χ1v) is 11.9. The number of nitrogens with zero attached hydrogens (tertiary/aromatic N) is 2. The summed E-state index contributed by atoms with van der Waals surface area (Å²) in [5, 5.41) is 12.2. The summed E-state index contributed by atoms with van der Waals surface area (Å²) < 4.78 is 15.8. The summed E-state index contributed by atoms with van der Waals surface area (Å²) in [5.41, 5.74) is 5.72. The lowest BCUT2D eigenvalue weighted by Crippen LogP contribution is -2.75. The molecule has 1 spiro atoms. The third-order valence-corrected chi connectivity index (χ3v) is 9.12. The lowest BCUT2D eigenvalue weighted by molar-refractivity contribution is -0.190. The van der Waals surface area contributed by atoms with Gasteiger partial charge in [0.1, 0.15) is 5.60 Å². The molecule has 5 heteroatoms. The number of hydrogen-bond donors (Lipinski definition) is 1. The number of methoxy groups -OCH3 is 1. The molecule has 3 aromatic rings. The van der Waals surface area contributed by atoms with Crippen LogP contribution >= 0.6 is 0 Å². The van der Waals surface area contributed by atoms with Crippen LogP contribution in [-0.4, -0.2) is 46.4 Å². The van der Waals surface area contributed by atoms with E-state index in [1.54, 1.807) is 0 Å². The standard InChI is InChI=1S/C27H30N2O3/c1-4-12-29-13-11-26-22-16-9-10-20(30)24(22)32-25(26)23-18(15-27(26,31-3)21(29)14-16)17-7-5-6-8-19(17)28(23)2/h5-10,21,25,30H,4,11-15H2,1-3H3/t21-,25-,26-,27+/m0/s1. The number of phenolic OH excluding ortho intramolecular Hbond substituents is 1. The molecule has 4 aliphatic rings. The molecule has 3 heterocycles. The van der Waals surface area contributed by atoms with Crippen molar-refractivity contribution in [3.63, 3.8) is 0 Å². The molecule has 32 heavy (non-hydrogen) atoms. The van der Waals surface area contributed by atoms with E-state index in [1.807, 2.05) is 13.2 Å². The number of aryl methyl sites for hydroxylation is 1. The number of fused-ring (bicyclic) bond motifs is 4. The summed E-state index contributed by atoms with van der Waals surface area (Å²) in [6, 6.07) is 12.9. The van der Waals surface area contributed by atoms with Gasteiger partial charge in [0, 0.05) is 43.1 Å². The Morgan fingerprint density at radius 2 is 2.06 bits per heavy atom. The van der Waals surface area contributed by atoms with Crippen molar-refractivity contribution in [1.29, 1.82) is 0 Å². The minimum Gasteiger partial charge on any atom is -0.504 e. The zero-order valence-corrected chi connectivity index (χ0v) is 19.0. The molecule has 2 bridgehead atoms. The van der Waals surface area contributed by atoms with Crippen molar-refractivity contribution in [3.05, 3.63) is 58.8 Å². The Morgan fingerprint density at radius 1 is 1.22 bits per heavy atom. The van der Waals surface area contributed by atoms with Gasteiger partial charge in [-0.15, -0.1) is 0 Å². The van der Waals surface area contributed by atoms with Gasteiger partial charge in [-0.3, -0.25) is 4.90 Å². The van der Waals surface area contributed by atoms with Gasteiger partial charge in [-0.2, -0.15) is 0 Å². The Morgan fingerprint density at radius 3 is 2.88 bits per heavy atom. The quantitative estimate of drug-likeness (QED) is 0.675. The number of aromatic hydroxyl groups is 1. The van der Waals surface area contributed by atoms with E-state index in [0.29, 0.717) is 11.8 Å². The largest absolute Gasteiger partial charge is 0.504 e.